The van der Waals surface area contributed by atoms with Gasteiger partial charge in [-0.25, -0.2) is 13.1 Å². The van der Waals surface area contributed by atoms with Crippen molar-refractivity contribution in [1.29, 1.82) is 5.26 Å². The number of nitrogens with one attached hydrogen (secondary N) is 1. The first-order valence-electron chi connectivity index (χ1n) is 6.11. The van der Waals surface area contributed by atoms with Crippen LogP contribution in [0.15, 0.2) is 16.3 Å². The molecular weight excluding hydrogens is 268 g/mol. The third kappa shape index (κ3) is 3.31. The lowest BCUT2D eigenvalue weighted by atomic mass is 9.90. The molecule has 1 aliphatic rings. The molecule has 18 heavy (non-hydrogen) atoms. The molecule has 1 fully saturated rings. The zero-order chi connectivity index (χ0) is 13.0. The van der Waals surface area contributed by atoms with E-state index in [4.69, 9.17) is 5.26 Å². The van der Waals surface area contributed by atoms with Crippen molar-refractivity contribution in [3.05, 3.63) is 17.0 Å². The van der Waals surface area contributed by atoms with Gasteiger partial charge in [-0.3, -0.25) is 0 Å². The van der Waals surface area contributed by atoms with E-state index < -0.39 is 10.0 Å². The second-order valence-corrected chi connectivity index (χ2v) is 7.66. The van der Waals surface area contributed by atoms with E-state index >= 15 is 0 Å². The fraction of sp³-hybridized carbons (Fsp3) is 0.583. The highest BCUT2D eigenvalue weighted by atomic mass is 32.2. The van der Waals surface area contributed by atoms with Gasteiger partial charge in [0.15, 0.2) is 0 Å². The minimum Gasteiger partial charge on any atom is -0.210 e. The van der Waals surface area contributed by atoms with Crippen LogP contribution >= 0.6 is 11.3 Å². The van der Waals surface area contributed by atoms with Crippen molar-refractivity contribution in [3.8, 4) is 6.07 Å². The molecular formula is C12H16N2O2S2. The number of hydrogen-bond acceptors (Lipinski definition) is 4. The summed E-state index contributed by atoms with van der Waals surface area (Å²) in [4.78, 5) is 0.424. The fourth-order valence-corrected chi connectivity index (χ4v) is 4.48. The number of thiophene rings is 1. The Balaban J connectivity index is 1.96. The van der Waals surface area contributed by atoms with E-state index in [1.165, 1.54) is 25.3 Å². The van der Waals surface area contributed by atoms with E-state index in [1.807, 2.05) is 6.07 Å². The maximum Gasteiger partial charge on any atom is 0.250 e. The van der Waals surface area contributed by atoms with Crippen molar-refractivity contribution in [2.24, 2.45) is 5.92 Å². The molecule has 98 valence electrons. The number of sulfonamides is 1. The molecule has 0 bridgehead atoms. The van der Waals surface area contributed by atoms with Gasteiger partial charge in [0, 0.05) is 6.54 Å². The number of rotatable bonds is 4. The maximum absolute atomic E-state index is 12.0. The van der Waals surface area contributed by atoms with Gasteiger partial charge in [0.1, 0.15) is 15.2 Å². The molecule has 0 spiro atoms. The Morgan fingerprint density at radius 2 is 2.06 bits per heavy atom. The van der Waals surface area contributed by atoms with Crippen LogP contribution in [0.25, 0.3) is 0 Å². The summed E-state index contributed by atoms with van der Waals surface area (Å²) < 4.78 is 26.9. The van der Waals surface area contributed by atoms with Gasteiger partial charge in [0.05, 0.1) is 0 Å². The van der Waals surface area contributed by atoms with Crippen LogP contribution in [0.2, 0.25) is 0 Å². The zero-order valence-electron chi connectivity index (χ0n) is 10.1. The molecule has 6 heteroatoms. The number of nitrogens with zero attached hydrogens (tertiary/aromatic N) is 1. The molecule has 1 heterocycles. The van der Waals surface area contributed by atoms with Crippen LogP contribution in [-0.2, 0) is 10.0 Å². The van der Waals surface area contributed by atoms with E-state index in [0.29, 0.717) is 17.3 Å². The largest absolute Gasteiger partial charge is 0.250 e. The van der Waals surface area contributed by atoms with E-state index in [1.54, 1.807) is 6.07 Å². The van der Waals surface area contributed by atoms with Gasteiger partial charge in [0.2, 0.25) is 10.0 Å². The second kappa shape index (κ2) is 5.83. The lowest BCUT2D eigenvalue weighted by molar-refractivity contribution is 0.357. The molecule has 0 radical (unpaired) electrons. The lowest BCUT2D eigenvalue weighted by Gasteiger charge is -2.21. The van der Waals surface area contributed by atoms with Crippen molar-refractivity contribution < 1.29 is 8.42 Å². The molecule has 4 nitrogen and oxygen atoms in total. The Kier molecular flexibility index (Phi) is 4.38. The summed E-state index contributed by atoms with van der Waals surface area (Å²) in [6.07, 6.45) is 5.88. The van der Waals surface area contributed by atoms with Gasteiger partial charge in [-0.05, 0) is 30.9 Å². The zero-order valence-corrected chi connectivity index (χ0v) is 11.7. The minimum absolute atomic E-state index is 0.231. The highest BCUT2D eigenvalue weighted by Crippen LogP contribution is 2.24. The monoisotopic (exact) mass is 284 g/mol. The molecule has 0 atom stereocenters. The van der Waals surface area contributed by atoms with Gasteiger partial charge in [-0.15, -0.1) is 11.3 Å². The highest BCUT2D eigenvalue weighted by molar-refractivity contribution is 7.91. The van der Waals surface area contributed by atoms with E-state index in [-0.39, 0.29) is 4.21 Å². The quantitative estimate of drug-likeness (QED) is 0.923. The van der Waals surface area contributed by atoms with E-state index in [0.717, 1.165) is 24.2 Å². The first-order valence-corrected chi connectivity index (χ1v) is 8.41. The Hall–Kier alpha value is -0.900. The third-order valence-corrected chi connectivity index (χ3v) is 6.15. The third-order valence-electron chi connectivity index (χ3n) is 3.24. The summed E-state index contributed by atoms with van der Waals surface area (Å²) in [5, 5.41) is 8.70. The van der Waals surface area contributed by atoms with Gasteiger partial charge >= 0.3 is 0 Å². The molecule has 0 aliphatic heterocycles. The molecule has 1 aromatic rings. The van der Waals surface area contributed by atoms with Crippen LogP contribution in [0, 0.1) is 17.2 Å². The first-order chi connectivity index (χ1) is 8.62. The summed E-state index contributed by atoms with van der Waals surface area (Å²) in [5.41, 5.74) is 0. The topological polar surface area (TPSA) is 70.0 Å². The van der Waals surface area contributed by atoms with Crippen LogP contribution in [0.4, 0.5) is 0 Å². The maximum atomic E-state index is 12.0. The van der Waals surface area contributed by atoms with Crippen molar-refractivity contribution in [2.45, 2.75) is 36.3 Å². The molecule has 1 N–H and O–H groups in total. The molecule has 0 amide bonds. The summed E-state index contributed by atoms with van der Waals surface area (Å²) in [6.45, 7) is 0.516. The van der Waals surface area contributed by atoms with E-state index in [2.05, 4.69) is 4.72 Å². The highest BCUT2D eigenvalue weighted by Gasteiger charge is 2.20. The van der Waals surface area contributed by atoms with Crippen molar-refractivity contribution >= 4 is 21.4 Å². The Morgan fingerprint density at radius 3 is 2.67 bits per heavy atom. The summed E-state index contributed by atoms with van der Waals surface area (Å²) in [5.74, 6) is 0.462. The minimum atomic E-state index is -3.43. The van der Waals surface area contributed by atoms with Gasteiger partial charge < -0.3 is 0 Å². The van der Waals surface area contributed by atoms with Crippen molar-refractivity contribution in [2.75, 3.05) is 6.54 Å². The molecule has 0 unspecified atom stereocenters. The average molecular weight is 284 g/mol. The van der Waals surface area contributed by atoms with Crippen LogP contribution in [0.5, 0.6) is 0 Å². The van der Waals surface area contributed by atoms with Gasteiger partial charge in [-0.2, -0.15) is 5.26 Å². The van der Waals surface area contributed by atoms with Crippen LogP contribution in [-0.4, -0.2) is 15.0 Å². The SMILES string of the molecule is N#Cc1ccc(S(=O)(=O)NCC2CCCCC2)s1. The summed E-state index contributed by atoms with van der Waals surface area (Å²) >= 11 is 1.01. The summed E-state index contributed by atoms with van der Waals surface area (Å²) in [7, 11) is -3.43. The molecule has 0 aromatic carbocycles. The van der Waals surface area contributed by atoms with E-state index in [9.17, 15) is 8.42 Å². The molecule has 1 saturated carbocycles. The fourth-order valence-electron chi connectivity index (χ4n) is 2.21. The second-order valence-electron chi connectivity index (χ2n) is 4.59. The first kappa shape index (κ1) is 13.5. The van der Waals surface area contributed by atoms with Gasteiger partial charge in [-0.1, -0.05) is 19.3 Å². The number of nitriles is 1. The molecule has 1 aromatic heterocycles. The smallest absolute Gasteiger partial charge is 0.210 e. The van der Waals surface area contributed by atoms with Crippen molar-refractivity contribution in [3.63, 3.8) is 0 Å². The Bertz CT molecular complexity index is 537. The molecule has 1 aliphatic carbocycles. The van der Waals surface area contributed by atoms with Crippen LogP contribution in [0.1, 0.15) is 37.0 Å². The molecule has 0 saturated heterocycles. The standard InChI is InChI=1S/C12H16N2O2S2/c13-8-11-6-7-12(17-11)18(15,16)14-9-10-4-2-1-3-5-10/h6-7,10,14H,1-5,9H2. The lowest BCUT2D eigenvalue weighted by Crippen LogP contribution is -2.29. The Labute approximate surface area is 112 Å². The summed E-state index contributed by atoms with van der Waals surface area (Å²) in [6, 6.07) is 4.99. The number of hydrogen-bond donors (Lipinski definition) is 1. The Morgan fingerprint density at radius 1 is 1.33 bits per heavy atom. The predicted molar refractivity (Wildman–Crippen MR) is 70.8 cm³/mol. The average Bonchev–Trinajstić information content (AvgIpc) is 2.87. The van der Waals surface area contributed by atoms with Crippen LogP contribution < -0.4 is 4.72 Å². The molecule has 2 rings (SSSR count). The van der Waals surface area contributed by atoms with Crippen LogP contribution in [0.3, 0.4) is 0 Å². The normalized spacial score (nSPS) is 17.5. The predicted octanol–water partition coefficient (Wildman–Crippen LogP) is 2.48. The van der Waals surface area contributed by atoms with Crippen molar-refractivity contribution in [1.82, 2.24) is 4.72 Å². The van der Waals surface area contributed by atoms with Gasteiger partial charge in [0.25, 0.3) is 0 Å².